The van der Waals surface area contributed by atoms with Crippen molar-refractivity contribution in [2.75, 3.05) is 13.1 Å². The van der Waals surface area contributed by atoms with E-state index in [1.165, 1.54) is 12.1 Å². The molecule has 0 heterocycles. The standard InChI is InChI=1S/C17H23FN2O/c18-14-6-4-13(5-7-14)17(8-9-17)11-20-16(21)15-3-1-2-12(15)10-19/h4-7,12,15H,1-3,8-11,19H2,(H,20,21)/t12-,15-/m1/s1. The molecule has 2 aliphatic rings. The van der Waals surface area contributed by atoms with Gasteiger partial charge in [0.15, 0.2) is 0 Å². The molecule has 0 aromatic heterocycles. The number of nitrogens with two attached hydrogens (primary N) is 1. The zero-order chi connectivity index (χ0) is 14.9. The second kappa shape index (κ2) is 5.76. The summed E-state index contributed by atoms with van der Waals surface area (Å²) in [5, 5.41) is 3.12. The van der Waals surface area contributed by atoms with Gasteiger partial charge in [-0.1, -0.05) is 18.6 Å². The van der Waals surface area contributed by atoms with Crippen molar-refractivity contribution in [2.24, 2.45) is 17.6 Å². The Labute approximate surface area is 125 Å². The molecular formula is C17H23FN2O. The predicted molar refractivity (Wildman–Crippen MR) is 80.2 cm³/mol. The molecule has 0 spiro atoms. The van der Waals surface area contributed by atoms with Crippen LogP contribution in [0.1, 0.15) is 37.7 Å². The third-order valence-electron chi connectivity index (χ3n) is 5.21. The fourth-order valence-electron chi connectivity index (χ4n) is 3.57. The van der Waals surface area contributed by atoms with Gasteiger partial charge in [-0.15, -0.1) is 0 Å². The van der Waals surface area contributed by atoms with E-state index in [9.17, 15) is 9.18 Å². The molecule has 2 fully saturated rings. The number of carbonyl (C=O) groups excluding carboxylic acids is 1. The minimum Gasteiger partial charge on any atom is -0.355 e. The van der Waals surface area contributed by atoms with Crippen molar-refractivity contribution in [2.45, 2.75) is 37.5 Å². The molecule has 2 atom stereocenters. The maximum atomic E-state index is 13.0. The van der Waals surface area contributed by atoms with Crippen LogP contribution in [0.4, 0.5) is 4.39 Å². The lowest BCUT2D eigenvalue weighted by Crippen LogP contribution is -2.39. The quantitative estimate of drug-likeness (QED) is 0.874. The SMILES string of the molecule is NC[C@H]1CCC[C@H]1C(=O)NCC1(c2ccc(F)cc2)CC1. The Balaban J connectivity index is 1.59. The number of halogens is 1. The van der Waals surface area contributed by atoms with Gasteiger partial charge in [0.2, 0.25) is 5.91 Å². The second-order valence-electron chi connectivity index (χ2n) is 6.54. The van der Waals surface area contributed by atoms with Crippen molar-refractivity contribution in [3.8, 4) is 0 Å². The van der Waals surface area contributed by atoms with Gasteiger partial charge in [0, 0.05) is 17.9 Å². The van der Waals surface area contributed by atoms with Gasteiger partial charge in [0.25, 0.3) is 0 Å². The first-order valence-corrected chi connectivity index (χ1v) is 7.88. The highest BCUT2D eigenvalue weighted by molar-refractivity contribution is 5.79. The van der Waals surface area contributed by atoms with Crippen molar-refractivity contribution in [1.82, 2.24) is 5.32 Å². The fraction of sp³-hybridized carbons (Fsp3) is 0.588. The first kappa shape index (κ1) is 14.5. The lowest BCUT2D eigenvalue weighted by molar-refractivity contribution is -0.126. The van der Waals surface area contributed by atoms with Crippen LogP contribution in [-0.2, 0) is 10.2 Å². The minimum atomic E-state index is -0.213. The predicted octanol–water partition coefficient (Wildman–Crippen LogP) is 2.35. The molecule has 0 radical (unpaired) electrons. The van der Waals surface area contributed by atoms with Crippen LogP contribution in [0.2, 0.25) is 0 Å². The smallest absolute Gasteiger partial charge is 0.223 e. The van der Waals surface area contributed by atoms with E-state index in [1.807, 2.05) is 12.1 Å². The molecule has 1 aromatic carbocycles. The fourth-order valence-corrected chi connectivity index (χ4v) is 3.57. The third-order valence-corrected chi connectivity index (χ3v) is 5.21. The second-order valence-corrected chi connectivity index (χ2v) is 6.54. The van der Waals surface area contributed by atoms with E-state index in [4.69, 9.17) is 5.73 Å². The zero-order valence-electron chi connectivity index (χ0n) is 12.3. The molecule has 0 aliphatic heterocycles. The highest BCUT2D eigenvalue weighted by atomic mass is 19.1. The van der Waals surface area contributed by atoms with Crippen LogP contribution in [0.15, 0.2) is 24.3 Å². The van der Waals surface area contributed by atoms with Crippen molar-refractivity contribution >= 4 is 5.91 Å². The van der Waals surface area contributed by atoms with E-state index < -0.39 is 0 Å². The molecule has 1 amide bonds. The summed E-state index contributed by atoms with van der Waals surface area (Å²) in [6.07, 6.45) is 5.24. The largest absolute Gasteiger partial charge is 0.355 e. The molecule has 0 unspecified atom stereocenters. The maximum Gasteiger partial charge on any atom is 0.223 e. The number of carbonyl (C=O) groups is 1. The lowest BCUT2D eigenvalue weighted by atomic mass is 9.93. The molecule has 2 aliphatic carbocycles. The van der Waals surface area contributed by atoms with Crippen molar-refractivity contribution in [1.29, 1.82) is 0 Å². The molecule has 0 bridgehead atoms. The van der Waals surface area contributed by atoms with Crippen molar-refractivity contribution < 1.29 is 9.18 Å². The molecule has 4 heteroatoms. The van der Waals surface area contributed by atoms with Crippen molar-refractivity contribution in [3.05, 3.63) is 35.6 Å². The first-order chi connectivity index (χ1) is 10.1. The summed E-state index contributed by atoms with van der Waals surface area (Å²) in [5.41, 5.74) is 6.90. The first-order valence-electron chi connectivity index (χ1n) is 7.88. The van der Waals surface area contributed by atoms with Crippen molar-refractivity contribution in [3.63, 3.8) is 0 Å². The molecule has 21 heavy (non-hydrogen) atoms. The monoisotopic (exact) mass is 290 g/mol. The number of nitrogens with one attached hydrogen (secondary N) is 1. The summed E-state index contributed by atoms with van der Waals surface area (Å²) in [4.78, 5) is 12.3. The Morgan fingerprint density at radius 1 is 1.29 bits per heavy atom. The maximum absolute atomic E-state index is 13.0. The Morgan fingerprint density at radius 3 is 2.62 bits per heavy atom. The number of benzene rings is 1. The average molecular weight is 290 g/mol. The Kier molecular flexibility index (Phi) is 3.98. The third kappa shape index (κ3) is 2.95. The topological polar surface area (TPSA) is 55.1 Å². The van der Waals surface area contributed by atoms with Crippen LogP contribution in [-0.4, -0.2) is 19.0 Å². The normalized spacial score (nSPS) is 26.6. The summed E-state index contributed by atoms with van der Waals surface area (Å²) in [7, 11) is 0. The van der Waals surface area contributed by atoms with Crippen LogP contribution in [0.3, 0.4) is 0 Å². The number of amides is 1. The number of hydrogen-bond acceptors (Lipinski definition) is 2. The minimum absolute atomic E-state index is 0.0280. The number of rotatable bonds is 5. The van der Waals surface area contributed by atoms with E-state index in [-0.39, 0.29) is 23.1 Å². The van der Waals surface area contributed by atoms with Crippen LogP contribution in [0.25, 0.3) is 0 Å². The van der Waals surface area contributed by atoms with Gasteiger partial charge in [-0.3, -0.25) is 4.79 Å². The average Bonchev–Trinajstić information content (AvgIpc) is 3.13. The summed E-state index contributed by atoms with van der Waals surface area (Å²) in [6.45, 7) is 1.26. The molecular weight excluding hydrogens is 267 g/mol. The summed E-state index contributed by atoms with van der Waals surface area (Å²) in [6, 6.07) is 6.68. The van der Waals surface area contributed by atoms with E-state index in [0.717, 1.165) is 37.7 Å². The van der Waals surface area contributed by atoms with Gasteiger partial charge in [0.1, 0.15) is 5.82 Å². The van der Waals surface area contributed by atoms with E-state index in [1.54, 1.807) is 0 Å². The van der Waals surface area contributed by atoms with Gasteiger partial charge in [-0.25, -0.2) is 4.39 Å². The molecule has 3 N–H and O–H groups in total. The molecule has 1 aromatic rings. The zero-order valence-corrected chi connectivity index (χ0v) is 12.3. The highest BCUT2D eigenvalue weighted by Gasteiger charge is 2.45. The van der Waals surface area contributed by atoms with Gasteiger partial charge < -0.3 is 11.1 Å². The van der Waals surface area contributed by atoms with E-state index in [0.29, 0.717) is 19.0 Å². The van der Waals surface area contributed by atoms with Crippen LogP contribution in [0, 0.1) is 17.7 Å². The molecule has 2 saturated carbocycles. The van der Waals surface area contributed by atoms with Gasteiger partial charge in [-0.05, 0) is 55.8 Å². The summed E-state index contributed by atoms with van der Waals surface area (Å²) >= 11 is 0. The molecule has 114 valence electrons. The van der Waals surface area contributed by atoms with Gasteiger partial charge in [0.05, 0.1) is 0 Å². The van der Waals surface area contributed by atoms with E-state index >= 15 is 0 Å². The molecule has 0 saturated heterocycles. The van der Waals surface area contributed by atoms with E-state index in [2.05, 4.69) is 5.32 Å². The van der Waals surface area contributed by atoms with Crippen LogP contribution >= 0.6 is 0 Å². The van der Waals surface area contributed by atoms with Gasteiger partial charge in [-0.2, -0.15) is 0 Å². The lowest BCUT2D eigenvalue weighted by Gasteiger charge is -2.21. The van der Waals surface area contributed by atoms with Gasteiger partial charge >= 0.3 is 0 Å². The Morgan fingerprint density at radius 2 is 2.00 bits per heavy atom. The summed E-state index contributed by atoms with van der Waals surface area (Å²) < 4.78 is 13.0. The van der Waals surface area contributed by atoms with Crippen LogP contribution in [0.5, 0.6) is 0 Å². The highest BCUT2D eigenvalue weighted by Crippen LogP contribution is 2.47. The Hall–Kier alpha value is -1.42. The summed E-state index contributed by atoms with van der Waals surface area (Å²) in [5.74, 6) is 0.358. The molecule has 3 nitrogen and oxygen atoms in total. The Bertz CT molecular complexity index is 510. The molecule has 3 rings (SSSR count). The number of hydrogen-bond donors (Lipinski definition) is 2. The van der Waals surface area contributed by atoms with Crippen LogP contribution < -0.4 is 11.1 Å².